The predicted octanol–water partition coefficient (Wildman–Crippen LogP) is 0.960. The summed E-state index contributed by atoms with van der Waals surface area (Å²) in [6.45, 7) is 2.80. The first kappa shape index (κ1) is 16.0. The Morgan fingerprint density at radius 3 is 2.53 bits per heavy atom. The molecule has 0 spiro atoms. The molecule has 3 N–H and O–H groups in total. The van der Waals surface area contributed by atoms with Crippen LogP contribution in [0.4, 0.5) is 0 Å². The summed E-state index contributed by atoms with van der Waals surface area (Å²) in [7, 11) is 0. The van der Waals surface area contributed by atoms with Gasteiger partial charge in [-0.05, 0) is 25.7 Å². The Kier molecular flexibility index (Phi) is 7.48. The second-order valence-electron chi connectivity index (χ2n) is 5.22. The van der Waals surface area contributed by atoms with Gasteiger partial charge >= 0.3 is 0 Å². The van der Waals surface area contributed by atoms with E-state index in [2.05, 4.69) is 10.6 Å². The van der Waals surface area contributed by atoms with Gasteiger partial charge in [0.1, 0.15) is 0 Å². The summed E-state index contributed by atoms with van der Waals surface area (Å²) in [5.74, 6) is 0.171. The lowest BCUT2D eigenvalue weighted by Gasteiger charge is -2.11. The van der Waals surface area contributed by atoms with Crippen molar-refractivity contribution < 1.29 is 14.7 Å². The Morgan fingerprint density at radius 2 is 1.89 bits per heavy atom. The number of hydrogen-bond donors (Lipinski definition) is 3. The zero-order valence-corrected chi connectivity index (χ0v) is 11.8. The molecule has 110 valence electrons. The van der Waals surface area contributed by atoms with Gasteiger partial charge in [-0.15, -0.1) is 0 Å². The largest absolute Gasteiger partial charge is 0.393 e. The molecule has 1 atom stereocenters. The number of nitrogens with one attached hydrogen (secondary N) is 2. The van der Waals surface area contributed by atoms with E-state index in [-0.39, 0.29) is 23.8 Å². The van der Waals surface area contributed by atoms with Crippen LogP contribution in [-0.2, 0) is 9.59 Å². The molecule has 0 radical (unpaired) electrons. The lowest BCUT2D eigenvalue weighted by molar-refractivity contribution is -0.125. The van der Waals surface area contributed by atoms with E-state index in [1.165, 1.54) is 0 Å². The highest BCUT2D eigenvalue weighted by Crippen LogP contribution is 2.24. The molecule has 0 aromatic heterocycles. The first-order valence-electron chi connectivity index (χ1n) is 7.36. The third-order valence-corrected chi connectivity index (χ3v) is 3.65. The Labute approximate surface area is 115 Å². The topological polar surface area (TPSA) is 78.4 Å². The van der Waals surface area contributed by atoms with Gasteiger partial charge in [-0.2, -0.15) is 0 Å². The van der Waals surface area contributed by atoms with Crippen LogP contribution >= 0.6 is 0 Å². The van der Waals surface area contributed by atoms with Crippen LogP contribution in [0.25, 0.3) is 0 Å². The SMILES string of the molecule is CCC(O)CCNC(=O)CCNC(=O)C1CCCC1. The van der Waals surface area contributed by atoms with Crippen molar-refractivity contribution in [1.82, 2.24) is 10.6 Å². The maximum absolute atomic E-state index is 11.7. The van der Waals surface area contributed by atoms with Crippen molar-refractivity contribution in [2.45, 2.75) is 58.0 Å². The zero-order chi connectivity index (χ0) is 14.1. The number of carbonyl (C=O) groups excluding carboxylic acids is 2. The third-order valence-electron chi connectivity index (χ3n) is 3.65. The molecule has 0 aromatic rings. The van der Waals surface area contributed by atoms with Crippen molar-refractivity contribution in [3.63, 3.8) is 0 Å². The normalized spacial score (nSPS) is 17.2. The summed E-state index contributed by atoms with van der Waals surface area (Å²) in [6, 6.07) is 0. The maximum Gasteiger partial charge on any atom is 0.223 e. The van der Waals surface area contributed by atoms with Crippen LogP contribution in [-0.4, -0.2) is 36.1 Å². The third kappa shape index (κ3) is 6.57. The van der Waals surface area contributed by atoms with Gasteiger partial charge in [-0.1, -0.05) is 19.8 Å². The van der Waals surface area contributed by atoms with E-state index in [4.69, 9.17) is 0 Å². The van der Waals surface area contributed by atoms with Crippen molar-refractivity contribution in [3.8, 4) is 0 Å². The molecule has 5 nitrogen and oxygen atoms in total. The van der Waals surface area contributed by atoms with E-state index >= 15 is 0 Å². The van der Waals surface area contributed by atoms with Crippen LogP contribution in [0, 0.1) is 5.92 Å². The summed E-state index contributed by atoms with van der Waals surface area (Å²) >= 11 is 0. The molecular formula is C14H26N2O3. The first-order valence-corrected chi connectivity index (χ1v) is 7.36. The first-order chi connectivity index (χ1) is 9.13. The monoisotopic (exact) mass is 270 g/mol. The zero-order valence-electron chi connectivity index (χ0n) is 11.8. The van der Waals surface area contributed by atoms with E-state index in [1.807, 2.05) is 6.92 Å². The standard InChI is InChI=1S/C14H26N2O3/c1-2-12(17)7-9-15-13(18)8-10-16-14(19)11-5-3-4-6-11/h11-12,17H,2-10H2,1H3,(H,15,18)(H,16,19). The molecular weight excluding hydrogens is 244 g/mol. The molecule has 0 aromatic carbocycles. The second-order valence-corrected chi connectivity index (χ2v) is 5.22. The molecule has 1 fully saturated rings. The minimum atomic E-state index is -0.345. The molecule has 1 rings (SSSR count). The highest BCUT2D eigenvalue weighted by molar-refractivity contribution is 5.80. The van der Waals surface area contributed by atoms with E-state index in [1.54, 1.807) is 0 Å². The van der Waals surface area contributed by atoms with Gasteiger partial charge in [0.15, 0.2) is 0 Å². The summed E-state index contributed by atoms with van der Waals surface area (Å²) in [4.78, 5) is 23.2. The van der Waals surface area contributed by atoms with Gasteiger partial charge in [0.25, 0.3) is 0 Å². The second kappa shape index (κ2) is 8.91. The van der Waals surface area contributed by atoms with Crippen LogP contribution in [0.2, 0.25) is 0 Å². The van der Waals surface area contributed by atoms with Gasteiger partial charge < -0.3 is 15.7 Å². The number of hydrogen-bond acceptors (Lipinski definition) is 3. The minimum Gasteiger partial charge on any atom is -0.393 e. The van der Waals surface area contributed by atoms with E-state index in [0.29, 0.717) is 32.4 Å². The molecule has 0 bridgehead atoms. The summed E-state index contributed by atoms with van der Waals surface area (Å²) < 4.78 is 0. The molecule has 2 amide bonds. The van der Waals surface area contributed by atoms with Crippen molar-refractivity contribution in [2.75, 3.05) is 13.1 Å². The van der Waals surface area contributed by atoms with E-state index in [9.17, 15) is 14.7 Å². The molecule has 0 saturated heterocycles. The minimum absolute atomic E-state index is 0.0741. The Hall–Kier alpha value is -1.10. The van der Waals surface area contributed by atoms with E-state index in [0.717, 1.165) is 25.7 Å². The summed E-state index contributed by atoms with van der Waals surface area (Å²) in [5.41, 5.74) is 0. The number of amides is 2. The van der Waals surface area contributed by atoms with Crippen LogP contribution in [0.1, 0.15) is 51.9 Å². The van der Waals surface area contributed by atoms with Crippen molar-refractivity contribution in [3.05, 3.63) is 0 Å². The van der Waals surface area contributed by atoms with E-state index < -0.39 is 0 Å². The summed E-state index contributed by atoms with van der Waals surface area (Å²) in [6.07, 6.45) is 5.48. The molecule has 0 heterocycles. The Balaban J connectivity index is 2.02. The van der Waals surface area contributed by atoms with Gasteiger partial charge in [0.05, 0.1) is 6.10 Å². The fraction of sp³-hybridized carbons (Fsp3) is 0.857. The average molecular weight is 270 g/mol. The molecule has 1 aliphatic rings. The van der Waals surface area contributed by atoms with Gasteiger partial charge in [-0.25, -0.2) is 0 Å². The highest BCUT2D eigenvalue weighted by atomic mass is 16.3. The van der Waals surface area contributed by atoms with Crippen molar-refractivity contribution in [2.24, 2.45) is 5.92 Å². The van der Waals surface area contributed by atoms with Gasteiger partial charge in [-0.3, -0.25) is 9.59 Å². The van der Waals surface area contributed by atoms with Crippen LogP contribution in [0.3, 0.4) is 0 Å². The smallest absolute Gasteiger partial charge is 0.223 e. The quantitative estimate of drug-likeness (QED) is 0.614. The van der Waals surface area contributed by atoms with Crippen LogP contribution in [0.15, 0.2) is 0 Å². The predicted molar refractivity (Wildman–Crippen MR) is 73.5 cm³/mol. The lowest BCUT2D eigenvalue weighted by Crippen LogP contribution is -2.34. The molecule has 1 aliphatic carbocycles. The van der Waals surface area contributed by atoms with Gasteiger partial charge in [0.2, 0.25) is 11.8 Å². The van der Waals surface area contributed by atoms with Crippen molar-refractivity contribution in [1.29, 1.82) is 0 Å². The van der Waals surface area contributed by atoms with Gasteiger partial charge in [0, 0.05) is 25.4 Å². The fourth-order valence-corrected chi connectivity index (χ4v) is 2.30. The number of carbonyl (C=O) groups is 2. The van der Waals surface area contributed by atoms with Crippen molar-refractivity contribution >= 4 is 11.8 Å². The highest BCUT2D eigenvalue weighted by Gasteiger charge is 2.22. The maximum atomic E-state index is 11.7. The lowest BCUT2D eigenvalue weighted by atomic mass is 10.1. The Bertz CT molecular complexity index is 288. The molecule has 0 aliphatic heterocycles. The average Bonchev–Trinajstić information content (AvgIpc) is 2.92. The van der Waals surface area contributed by atoms with Crippen LogP contribution < -0.4 is 10.6 Å². The molecule has 5 heteroatoms. The molecule has 19 heavy (non-hydrogen) atoms. The number of rotatable bonds is 8. The number of aliphatic hydroxyl groups is 1. The summed E-state index contributed by atoms with van der Waals surface area (Å²) in [5, 5.41) is 14.9. The molecule has 1 saturated carbocycles. The van der Waals surface area contributed by atoms with Crippen LogP contribution in [0.5, 0.6) is 0 Å². The fourth-order valence-electron chi connectivity index (χ4n) is 2.30. The molecule has 1 unspecified atom stereocenters. The Morgan fingerprint density at radius 1 is 1.21 bits per heavy atom. The number of aliphatic hydroxyl groups excluding tert-OH is 1.